The van der Waals surface area contributed by atoms with Crippen molar-refractivity contribution < 1.29 is 33.6 Å². The summed E-state index contributed by atoms with van der Waals surface area (Å²) >= 11 is 0. The number of rotatable bonds is 7. The Morgan fingerprint density at radius 1 is 1.35 bits per heavy atom. The van der Waals surface area contributed by atoms with Gasteiger partial charge in [0.1, 0.15) is 19.7 Å². The van der Waals surface area contributed by atoms with Gasteiger partial charge in [-0.2, -0.15) is 0 Å². The van der Waals surface area contributed by atoms with Gasteiger partial charge in [-0.15, -0.1) is 0 Å². The van der Waals surface area contributed by atoms with E-state index in [9.17, 15) is 9.90 Å². The monoisotopic (exact) mass is 250 g/mol. The average Bonchev–Trinajstić information content (AvgIpc) is 2.48. The van der Waals surface area contributed by atoms with Crippen LogP contribution in [-0.4, -0.2) is 63.3 Å². The van der Waals surface area contributed by atoms with Gasteiger partial charge in [0.25, 0.3) is 0 Å². The van der Waals surface area contributed by atoms with Crippen LogP contribution in [0.2, 0.25) is 0 Å². The summed E-state index contributed by atoms with van der Waals surface area (Å²) in [6, 6.07) is 0. The largest absolute Gasteiger partial charge is 0.455 e. The molecule has 0 bridgehead atoms. The minimum Gasteiger partial charge on any atom is -0.455 e. The van der Waals surface area contributed by atoms with Crippen molar-refractivity contribution in [3.63, 3.8) is 0 Å². The van der Waals surface area contributed by atoms with Crippen LogP contribution in [0.1, 0.15) is 6.92 Å². The van der Waals surface area contributed by atoms with Gasteiger partial charge < -0.3 is 28.8 Å². The van der Waals surface area contributed by atoms with E-state index < -0.39 is 23.8 Å². The van der Waals surface area contributed by atoms with Gasteiger partial charge in [-0.05, 0) is 6.92 Å². The van der Waals surface area contributed by atoms with Crippen LogP contribution in [0.5, 0.6) is 0 Å². The van der Waals surface area contributed by atoms with Crippen molar-refractivity contribution >= 4 is 5.97 Å². The third-order valence-electron chi connectivity index (χ3n) is 2.41. The van der Waals surface area contributed by atoms with Gasteiger partial charge in [-0.25, -0.2) is 4.79 Å². The lowest BCUT2D eigenvalue weighted by Crippen LogP contribution is -2.46. The first-order valence-corrected chi connectivity index (χ1v) is 5.14. The van der Waals surface area contributed by atoms with E-state index >= 15 is 0 Å². The molecule has 0 aliphatic carbocycles. The highest BCUT2D eigenvalue weighted by Crippen LogP contribution is 2.28. The SMILES string of the molecule is COCOCC1OC(=O)[C@](C)(O)C1OCOC. The van der Waals surface area contributed by atoms with Crippen LogP contribution >= 0.6 is 0 Å². The molecule has 1 aliphatic heterocycles. The molecule has 100 valence electrons. The molecule has 0 aromatic rings. The highest BCUT2D eigenvalue weighted by Gasteiger charge is 2.54. The number of carbonyl (C=O) groups excluding carboxylic acids is 1. The summed E-state index contributed by atoms with van der Waals surface area (Å²) in [6.07, 6.45) is -1.50. The highest BCUT2D eigenvalue weighted by molar-refractivity contribution is 5.82. The first kappa shape index (κ1) is 14.3. The highest BCUT2D eigenvalue weighted by atomic mass is 16.7. The lowest BCUT2D eigenvalue weighted by Gasteiger charge is -2.23. The minimum absolute atomic E-state index is 0.0434. The number of methoxy groups -OCH3 is 2. The zero-order chi connectivity index (χ0) is 12.9. The van der Waals surface area contributed by atoms with Gasteiger partial charge in [0.05, 0.1) is 6.61 Å². The van der Waals surface area contributed by atoms with Gasteiger partial charge in [-0.1, -0.05) is 0 Å². The Hall–Kier alpha value is -0.730. The zero-order valence-electron chi connectivity index (χ0n) is 10.2. The summed E-state index contributed by atoms with van der Waals surface area (Å²) in [6.45, 7) is 1.46. The van der Waals surface area contributed by atoms with Crippen molar-refractivity contribution in [1.82, 2.24) is 0 Å². The Balaban J connectivity index is 2.58. The summed E-state index contributed by atoms with van der Waals surface area (Å²) in [5.74, 6) is -0.732. The zero-order valence-corrected chi connectivity index (χ0v) is 10.2. The number of ether oxygens (including phenoxy) is 5. The van der Waals surface area contributed by atoms with E-state index in [1.54, 1.807) is 0 Å². The van der Waals surface area contributed by atoms with Crippen molar-refractivity contribution in [3.8, 4) is 0 Å². The second-order valence-corrected chi connectivity index (χ2v) is 3.86. The van der Waals surface area contributed by atoms with Crippen LogP contribution in [0.4, 0.5) is 0 Å². The first-order chi connectivity index (χ1) is 8.04. The van der Waals surface area contributed by atoms with Gasteiger partial charge in [-0.3, -0.25) is 0 Å². The lowest BCUT2D eigenvalue weighted by molar-refractivity contribution is -0.160. The molecule has 0 radical (unpaired) electrons. The van der Waals surface area contributed by atoms with E-state index in [1.165, 1.54) is 21.1 Å². The lowest BCUT2D eigenvalue weighted by atomic mass is 9.98. The van der Waals surface area contributed by atoms with Gasteiger partial charge in [0.15, 0.2) is 11.7 Å². The number of hydrogen-bond acceptors (Lipinski definition) is 7. The maximum Gasteiger partial charge on any atom is 0.341 e. The third kappa shape index (κ3) is 3.36. The normalized spacial score (nSPS) is 32.8. The second-order valence-electron chi connectivity index (χ2n) is 3.86. The van der Waals surface area contributed by atoms with E-state index in [0.717, 1.165) is 0 Å². The van der Waals surface area contributed by atoms with Crippen LogP contribution in [0, 0.1) is 0 Å². The summed E-state index contributed by atoms with van der Waals surface area (Å²) in [5, 5.41) is 9.93. The Morgan fingerprint density at radius 2 is 2.00 bits per heavy atom. The predicted octanol–water partition coefficient (Wildman–Crippen LogP) is -0.728. The Kier molecular flexibility index (Phi) is 5.29. The molecule has 1 fully saturated rings. The summed E-state index contributed by atoms with van der Waals surface area (Å²) in [7, 11) is 2.93. The Bertz CT molecular complexity index is 253. The molecule has 1 N–H and O–H groups in total. The van der Waals surface area contributed by atoms with Gasteiger partial charge >= 0.3 is 5.97 Å². The maximum absolute atomic E-state index is 11.4. The first-order valence-electron chi connectivity index (χ1n) is 5.14. The molecule has 17 heavy (non-hydrogen) atoms. The molecule has 1 rings (SSSR count). The molecule has 2 unspecified atom stereocenters. The molecular formula is C10H18O7. The van der Waals surface area contributed by atoms with Crippen LogP contribution in [0.3, 0.4) is 0 Å². The fourth-order valence-electron chi connectivity index (χ4n) is 1.58. The molecule has 3 atom stereocenters. The molecule has 0 spiro atoms. The molecule has 1 aliphatic rings. The van der Waals surface area contributed by atoms with E-state index in [0.29, 0.717) is 0 Å². The van der Waals surface area contributed by atoms with Crippen molar-refractivity contribution in [3.05, 3.63) is 0 Å². The molecule has 0 amide bonds. The fraction of sp³-hybridized carbons (Fsp3) is 0.900. The Labute approximate surface area is 99.5 Å². The Morgan fingerprint density at radius 3 is 2.59 bits per heavy atom. The van der Waals surface area contributed by atoms with Crippen LogP contribution in [-0.2, 0) is 28.5 Å². The van der Waals surface area contributed by atoms with Gasteiger partial charge in [0, 0.05) is 14.2 Å². The second kappa shape index (κ2) is 6.27. The molecule has 0 aromatic heterocycles. The van der Waals surface area contributed by atoms with E-state index in [4.69, 9.17) is 23.7 Å². The number of hydrogen-bond donors (Lipinski definition) is 1. The smallest absolute Gasteiger partial charge is 0.341 e. The van der Waals surface area contributed by atoms with Crippen molar-refractivity contribution in [2.24, 2.45) is 0 Å². The molecular weight excluding hydrogens is 232 g/mol. The average molecular weight is 250 g/mol. The number of esters is 1. The molecule has 7 nitrogen and oxygen atoms in total. The van der Waals surface area contributed by atoms with Crippen molar-refractivity contribution in [2.45, 2.75) is 24.7 Å². The number of cyclic esters (lactones) is 1. The topological polar surface area (TPSA) is 83.5 Å². The number of carbonyl (C=O) groups is 1. The van der Waals surface area contributed by atoms with Crippen LogP contribution < -0.4 is 0 Å². The summed E-state index contributed by atoms with van der Waals surface area (Å²) in [4.78, 5) is 11.4. The summed E-state index contributed by atoms with van der Waals surface area (Å²) in [5.41, 5.74) is -1.69. The summed E-state index contributed by atoms with van der Waals surface area (Å²) < 4.78 is 24.8. The van der Waals surface area contributed by atoms with Crippen molar-refractivity contribution in [2.75, 3.05) is 34.4 Å². The van der Waals surface area contributed by atoms with Gasteiger partial charge in [0.2, 0.25) is 0 Å². The van der Waals surface area contributed by atoms with Crippen molar-refractivity contribution in [1.29, 1.82) is 0 Å². The molecule has 0 aromatic carbocycles. The van der Waals surface area contributed by atoms with Crippen LogP contribution in [0.15, 0.2) is 0 Å². The fourth-order valence-corrected chi connectivity index (χ4v) is 1.58. The maximum atomic E-state index is 11.4. The molecule has 1 heterocycles. The molecule has 1 saturated heterocycles. The van der Waals surface area contributed by atoms with E-state index in [2.05, 4.69) is 0 Å². The number of aliphatic hydroxyl groups is 1. The van der Waals surface area contributed by atoms with E-state index in [-0.39, 0.29) is 20.2 Å². The molecule has 7 heteroatoms. The molecule has 0 saturated carbocycles. The minimum atomic E-state index is -1.69. The van der Waals surface area contributed by atoms with E-state index in [1.807, 2.05) is 0 Å². The third-order valence-corrected chi connectivity index (χ3v) is 2.41. The quantitative estimate of drug-likeness (QED) is 0.362. The predicted molar refractivity (Wildman–Crippen MR) is 55.1 cm³/mol. The standard InChI is InChI=1S/C10H18O7/c1-10(12)8(16-6-14-3)7(17-9(10)11)4-15-5-13-2/h7-8,12H,4-6H2,1-3H3/t7?,8?,10-/m1/s1. The van der Waals surface area contributed by atoms with Crippen LogP contribution in [0.25, 0.3) is 0 Å².